The summed E-state index contributed by atoms with van der Waals surface area (Å²) in [5.74, 6) is 0.104. The summed E-state index contributed by atoms with van der Waals surface area (Å²) in [5.41, 5.74) is 3.23. The molecule has 4 nitrogen and oxygen atoms in total. The number of rotatable bonds is 7. The van der Waals surface area contributed by atoms with Crippen molar-refractivity contribution in [3.63, 3.8) is 0 Å². The van der Waals surface area contributed by atoms with E-state index in [9.17, 15) is 4.79 Å². The van der Waals surface area contributed by atoms with E-state index in [1.54, 1.807) is 0 Å². The number of anilines is 1. The Bertz CT molecular complexity index is 599. The zero-order valence-corrected chi connectivity index (χ0v) is 15.2. The van der Waals surface area contributed by atoms with Crippen molar-refractivity contribution in [1.29, 1.82) is 5.26 Å². The molecular weight excluding hydrogens is 298 g/mol. The molecule has 1 aliphatic rings. The van der Waals surface area contributed by atoms with Gasteiger partial charge in [-0.3, -0.25) is 9.69 Å². The van der Waals surface area contributed by atoms with Crippen LogP contribution in [0.25, 0.3) is 0 Å². The van der Waals surface area contributed by atoms with Crippen molar-refractivity contribution < 1.29 is 4.79 Å². The van der Waals surface area contributed by atoms with Gasteiger partial charge in [-0.05, 0) is 50.4 Å². The average Bonchev–Trinajstić information content (AvgIpc) is 3.11. The largest absolute Gasteiger partial charge is 0.310 e. The Labute approximate surface area is 146 Å². The lowest BCUT2D eigenvalue weighted by Crippen LogP contribution is -2.44. The molecular formula is C20H29N3O. The van der Waals surface area contributed by atoms with E-state index in [0.717, 1.165) is 17.8 Å². The Balaban J connectivity index is 2.18. The van der Waals surface area contributed by atoms with Gasteiger partial charge in [-0.25, -0.2) is 0 Å². The summed E-state index contributed by atoms with van der Waals surface area (Å²) in [7, 11) is 0. The highest BCUT2D eigenvalue weighted by Gasteiger charge is 2.26. The van der Waals surface area contributed by atoms with E-state index in [1.807, 2.05) is 24.0 Å². The number of hydrogen-bond acceptors (Lipinski definition) is 3. The number of hydrogen-bond donors (Lipinski definition) is 0. The highest BCUT2D eigenvalue weighted by Crippen LogP contribution is 2.26. The monoisotopic (exact) mass is 327 g/mol. The smallest absolute Gasteiger partial charge is 0.241 e. The van der Waals surface area contributed by atoms with Gasteiger partial charge < -0.3 is 4.90 Å². The van der Waals surface area contributed by atoms with Crippen LogP contribution in [0.1, 0.15) is 50.2 Å². The summed E-state index contributed by atoms with van der Waals surface area (Å²) in [5, 5.41) is 8.97. The van der Waals surface area contributed by atoms with Crippen LogP contribution < -0.4 is 4.90 Å². The number of likely N-dealkylation sites (N-methyl/N-ethyl adjacent to an activating group) is 1. The molecule has 0 N–H and O–H groups in total. The summed E-state index contributed by atoms with van der Waals surface area (Å²) >= 11 is 0. The third-order valence-corrected chi connectivity index (χ3v) is 5.20. The fraction of sp³-hybridized carbons (Fsp3) is 0.600. The van der Waals surface area contributed by atoms with Crippen LogP contribution in [0, 0.1) is 25.2 Å². The minimum atomic E-state index is 0.104. The van der Waals surface area contributed by atoms with E-state index in [0.29, 0.717) is 25.6 Å². The van der Waals surface area contributed by atoms with Gasteiger partial charge in [-0.2, -0.15) is 5.26 Å². The maximum Gasteiger partial charge on any atom is 0.241 e. The number of carbonyl (C=O) groups is 1. The molecule has 0 unspecified atom stereocenters. The van der Waals surface area contributed by atoms with Gasteiger partial charge in [0.05, 0.1) is 19.0 Å². The molecule has 0 saturated heterocycles. The minimum Gasteiger partial charge on any atom is -0.310 e. The second-order valence-corrected chi connectivity index (χ2v) is 6.67. The molecule has 4 heteroatoms. The lowest BCUT2D eigenvalue weighted by atomic mass is 10.1. The SMILES string of the molecule is CCN(CC(=O)N(CCC#N)c1cccc(C)c1C)C1CCCC1. The molecule has 0 bridgehead atoms. The molecule has 24 heavy (non-hydrogen) atoms. The Kier molecular flexibility index (Phi) is 6.81. The Morgan fingerprint density at radius 1 is 1.29 bits per heavy atom. The number of benzene rings is 1. The molecule has 1 fully saturated rings. The molecule has 0 spiro atoms. The number of nitrogens with zero attached hydrogens (tertiary/aromatic N) is 3. The van der Waals surface area contributed by atoms with Gasteiger partial charge in [0.15, 0.2) is 0 Å². The third-order valence-electron chi connectivity index (χ3n) is 5.20. The first-order chi connectivity index (χ1) is 11.6. The van der Waals surface area contributed by atoms with Crippen LogP contribution in [0.15, 0.2) is 18.2 Å². The van der Waals surface area contributed by atoms with Crippen LogP contribution in [0.2, 0.25) is 0 Å². The third kappa shape index (κ3) is 4.36. The molecule has 1 aromatic carbocycles. The molecule has 1 aliphatic carbocycles. The highest BCUT2D eigenvalue weighted by molar-refractivity contribution is 5.95. The second kappa shape index (κ2) is 8.84. The summed E-state index contributed by atoms with van der Waals surface area (Å²) in [6, 6.07) is 8.74. The van der Waals surface area contributed by atoms with Gasteiger partial charge in [0, 0.05) is 18.3 Å². The van der Waals surface area contributed by atoms with E-state index in [4.69, 9.17) is 5.26 Å². The van der Waals surface area contributed by atoms with Crippen molar-refractivity contribution >= 4 is 11.6 Å². The quantitative estimate of drug-likeness (QED) is 0.765. The first kappa shape index (κ1) is 18.5. The topological polar surface area (TPSA) is 47.3 Å². The molecule has 2 rings (SSSR count). The van der Waals surface area contributed by atoms with E-state index < -0.39 is 0 Å². The predicted molar refractivity (Wildman–Crippen MR) is 98.0 cm³/mol. The normalized spacial score (nSPS) is 14.8. The van der Waals surface area contributed by atoms with Gasteiger partial charge in [-0.1, -0.05) is 31.9 Å². The highest BCUT2D eigenvalue weighted by atomic mass is 16.2. The van der Waals surface area contributed by atoms with E-state index in [1.165, 1.54) is 31.2 Å². The fourth-order valence-electron chi connectivity index (χ4n) is 3.60. The minimum absolute atomic E-state index is 0.104. The molecule has 0 heterocycles. The Morgan fingerprint density at radius 2 is 2.00 bits per heavy atom. The first-order valence-electron chi connectivity index (χ1n) is 9.06. The van der Waals surface area contributed by atoms with Crippen molar-refractivity contribution in [3.05, 3.63) is 29.3 Å². The molecule has 0 radical (unpaired) electrons. The zero-order valence-electron chi connectivity index (χ0n) is 15.2. The molecule has 0 aromatic heterocycles. The van der Waals surface area contributed by atoms with E-state index in [-0.39, 0.29) is 5.91 Å². The standard InChI is InChI=1S/C20H29N3O/c1-4-22(18-10-5-6-11-18)15-20(24)23(14-8-13-21)19-12-7-9-16(2)17(19)3/h7,9,12,18H,4-6,8,10-11,14-15H2,1-3H3. The summed E-state index contributed by atoms with van der Waals surface area (Å²) in [6.07, 6.45) is 5.29. The van der Waals surface area contributed by atoms with Crippen LogP contribution >= 0.6 is 0 Å². The first-order valence-corrected chi connectivity index (χ1v) is 9.06. The van der Waals surface area contributed by atoms with Gasteiger partial charge >= 0.3 is 0 Å². The predicted octanol–water partition coefficient (Wildman–Crippen LogP) is 3.81. The number of amides is 1. The molecule has 1 saturated carbocycles. The lowest BCUT2D eigenvalue weighted by molar-refractivity contribution is -0.120. The van der Waals surface area contributed by atoms with Crippen molar-refractivity contribution in [3.8, 4) is 6.07 Å². The van der Waals surface area contributed by atoms with Crippen LogP contribution in [0.5, 0.6) is 0 Å². The van der Waals surface area contributed by atoms with Gasteiger partial charge in [-0.15, -0.1) is 0 Å². The van der Waals surface area contributed by atoms with Gasteiger partial charge in [0.25, 0.3) is 0 Å². The molecule has 1 aromatic rings. The van der Waals surface area contributed by atoms with Crippen molar-refractivity contribution in [2.75, 3.05) is 24.5 Å². The average molecular weight is 327 g/mol. The van der Waals surface area contributed by atoms with Crippen molar-refractivity contribution in [2.45, 2.75) is 58.9 Å². The summed E-state index contributed by atoms with van der Waals surface area (Å²) in [6.45, 7) is 8.04. The Hall–Kier alpha value is -1.86. The zero-order chi connectivity index (χ0) is 17.5. The molecule has 0 aliphatic heterocycles. The van der Waals surface area contributed by atoms with Crippen LogP contribution in [-0.2, 0) is 4.79 Å². The Morgan fingerprint density at radius 3 is 2.62 bits per heavy atom. The van der Waals surface area contributed by atoms with Crippen LogP contribution in [-0.4, -0.2) is 36.5 Å². The maximum atomic E-state index is 13.0. The summed E-state index contributed by atoms with van der Waals surface area (Å²) < 4.78 is 0. The maximum absolute atomic E-state index is 13.0. The number of carbonyl (C=O) groups excluding carboxylic acids is 1. The molecule has 130 valence electrons. The summed E-state index contributed by atoms with van der Waals surface area (Å²) in [4.78, 5) is 17.1. The second-order valence-electron chi connectivity index (χ2n) is 6.67. The number of nitriles is 1. The number of aryl methyl sites for hydroxylation is 1. The van der Waals surface area contributed by atoms with E-state index >= 15 is 0 Å². The van der Waals surface area contributed by atoms with Gasteiger partial charge in [0.2, 0.25) is 5.91 Å². The van der Waals surface area contributed by atoms with Gasteiger partial charge in [0.1, 0.15) is 0 Å². The van der Waals surface area contributed by atoms with Crippen molar-refractivity contribution in [1.82, 2.24) is 4.90 Å². The molecule has 0 atom stereocenters. The van der Waals surface area contributed by atoms with Crippen LogP contribution in [0.3, 0.4) is 0 Å². The fourth-order valence-corrected chi connectivity index (χ4v) is 3.60. The van der Waals surface area contributed by atoms with Crippen LogP contribution in [0.4, 0.5) is 5.69 Å². The van der Waals surface area contributed by atoms with E-state index in [2.05, 4.69) is 30.9 Å². The molecule has 1 amide bonds. The van der Waals surface area contributed by atoms with Crippen molar-refractivity contribution in [2.24, 2.45) is 0 Å². The lowest BCUT2D eigenvalue weighted by Gasteiger charge is -2.31.